The molecule has 0 heterocycles. The Balaban J connectivity index is 1.47. The third-order valence-corrected chi connectivity index (χ3v) is 11.3. The van der Waals surface area contributed by atoms with Crippen LogP contribution >= 0.6 is 0 Å². The van der Waals surface area contributed by atoms with Crippen molar-refractivity contribution in [3.63, 3.8) is 0 Å². The maximum atomic E-state index is 10.2. The Kier molecular flexibility index (Phi) is 6.53. The van der Waals surface area contributed by atoms with Crippen LogP contribution in [0.4, 0.5) is 0 Å². The van der Waals surface area contributed by atoms with Crippen LogP contribution in [0.15, 0.2) is 11.6 Å². The van der Waals surface area contributed by atoms with Crippen molar-refractivity contribution in [1.29, 1.82) is 0 Å². The SMILES string of the molecule is CC[C@H](CC[C@@H](C)[C@H]1CCC2[C@@H]3CC=C4C[C@@H](O)CC[C@]4(C)C3CC[C@@]21C)C(C)C. The molecule has 3 saturated carbocycles. The number of hydrogen-bond donors (Lipinski definition) is 1. The monoisotopic (exact) mass is 414 g/mol. The summed E-state index contributed by atoms with van der Waals surface area (Å²) in [5.74, 6) is 6.31. The minimum absolute atomic E-state index is 0.0794. The van der Waals surface area contributed by atoms with Gasteiger partial charge >= 0.3 is 0 Å². The summed E-state index contributed by atoms with van der Waals surface area (Å²) in [4.78, 5) is 0. The topological polar surface area (TPSA) is 20.2 Å². The Morgan fingerprint density at radius 1 is 1.00 bits per heavy atom. The third-order valence-electron chi connectivity index (χ3n) is 11.3. The Morgan fingerprint density at radius 2 is 1.77 bits per heavy atom. The summed E-state index contributed by atoms with van der Waals surface area (Å²) in [6.45, 7) is 15.1. The van der Waals surface area contributed by atoms with Crippen molar-refractivity contribution in [2.24, 2.45) is 52.3 Å². The Bertz CT molecular complexity index is 634. The highest BCUT2D eigenvalue weighted by Gasteiger charge is 2.59. The van der Waals surface area contributed by atoms with E-state index >= 15 is 0 Å². The molecule has 0 aliphatic heterocycles. The summed E-state index contributed by atoms with van der Waals surface area (Å²) >= 11 is 0. The van der Waals surface area contributed by atoms with Crippen molar-refractivity contribution >= 4 is 0 Å². The van der Waals surface area contributed by atoms with Crippen LogP contribution in [0.2, 0.25) is 0 Å². The standard InChI is InChI=1S/C29H50O/c1-7-21(19(2)3)9-8-20(4)25-12-13-26-24-11-10-22-18-23(30)14-16-28(22,5)27(24)15-17-29(25,26)6/h10,19-21,23-27,30H,7-9,11-18H2,1-6H3/t20-,21-,23+,24+,25-,26?,27?,28+,29-/m1/s1. The number of hydrogen-bond acceptors (Lipinski definition) is 1. The van der Waals surface area contributed by atoms with E-state index in [1.165, 1.54) is 57.8 Å². The van der Waals surface area contributed by atoms with E-state index in [9.17, 15) is 5.11 Å². The van der Waals surface area contributed by atoms with Gasteiger partial charge in [-0.05, 0) is 110 Å². The van der Waals surface area contributed by atoms with Crippen molar-refractivity contribution in [2.45, 2.75) is 118 Å². The summed E-state index contributed by atoms with van der Waals surface area (Å²) in [6.07, 6.45) is 17.1. The Labute approximate surface area is 187 Å². The lowest BCUT2D eigenvalue weighted by atomic mass is 9.47. The van der Waals surface area contributed by atoms with E-state index in [-0.39, 0.29) is 6.10 Å². The highest BCUT2D eigenvalue weighted by Crippen LogP contribution is 2.67. The van der Waals surface area contributed by atoms with Crippen LogP contribution in [0.25, 0.3) is 0 Å². The molecule has 0 aromatic rings. The van der Waals surface area contributed by atoms with Gasteiger partial charge in [0.15, 0.2) is 0 Å². The molecule has 172 valence electrons. The molecule has 1 nitrogen and oxygen atoms in total. The molecule has 4 rings (SSSR count). The van der Waals surface area contributed by atoms with Crippen molar-refractivity contribution < 1.29 is 5.11 Å². The molecular formula is C29H50O. The predicted molar refractivity (Wildman–Crippen MR) is 128 cm³/mol. The van der Waals surface area contributed by atoms with Crippen LogP contribution in [0, 0.1) is 52.3 Å². The summed E-state index contributed by atoms with van der Waals surface area (Å²) in [6, 6.07) is 0. The molecular weight excluding hydrogens is 364 g/mol. The first kappa shape index (κ1) is 22.9. The first-order valence-electron chi connectivity index (χ1n) is 13.6. The second kappa shape index (κ2) is 8.57. The second-order valence-electron chi connectivity index (χ2n) is 12.9. The van der Waals surface area contributed by atoms with Gasteiger partial charge in [0.2, 0.25) is 0 Å². The van der Waals surface area contributed by atoms with Gasteiger partial charge < -0.3 is 5.11 Å². The second-order valence-corrected chi connectivity index (χ2v) is 12.9. The molecule has 9 atom stereocenters. The smallest absolute Gasteiger partial charge is 0.0577 e. The predicted octanol–water partition coefficient (Wildman–Crippen LogP) is 8.02. The highest BCUT2D eigenvalue weighted by atomic mass is 16.3. The lowest BCUT2D eigenvalue weighted by Gasteiger charge is -2.58. The van der Waals surface area contributed by atoms with E-state index in [1.807, 2.05) is 0 Å². The molecule has 1 heteroatoms. The van der Waals surface area contributed by atoms with Crippen molar-refractivity contribution in [3.8, 4) is 0 Å². The van der Waals surface area contributed by atoms with E-state index in [0.29, 0.717) is 10.8 Å². The van der Waals surface area contributed by atoms with Gasteiger partial charge in [0.1, 0.15) is 0 Å². The van der Waals surface area contributed by atoms with Crippen molar-refractivity contribution in [2.75, 3.05) is 0 Å². The van der Waals surface area contributed by atoms with Crippen LogP contribution in [-0.2, 0) is 0 Å². The molecule has 4 aliphatic rings. The molecule has 30 heavy (non-hydrogen) atoms. The van der Waals surface area contributed by atoms with E-state index in [0.717, 1.165) is 54.3 Å². The third kappa shape index (κ3) is 3.74. The molecule has 3 fully saturated rings. The van der Waals surface area contributed by atoms with Crippen LogP contribution in [-0.4, -0.2) is 11.2 Å². The van der Waals surface area contributed by atoms with E-state index in [1.54, 1.807) is 5.57 Å². The quantitative estimate of drug-likeness (QED) is 0.436. The number of aliphatic hydroxyl groups is 1. The van der Waals surface area contributed by atoms with Crippen LogP contribution < -0.4 is 0 Å². The fourth-order valence-corrected chi connectivity index (χ4v) is 9.30. The van der Waals surface area contributed by atoms with Gasteiger partial charge in [-0.3, -0.25) is 0 Å². The molecule has 0 bridgehead atoms. The normalized spacial score (nSPS) is 45.3. The first-order valence-corrected chi connectivity index (χ1v) is 13.6. The molecule has 0 aromatic carbocycles. The molecule has 0 radical (unpaired) electrons. The van der Waals surface area contributed by atoms with E-state index in [2.05, 4.69) is 47.6 Å². The van der Waals surface area contributed by atoms with Crippen LogP contribution in [0.5, 0.6) is 0 Å². The van der Waals surface area contributed by atoms with Gasteiger partial charge in [-0.2, -0.15) is 0 Å². The molecule has 1 N–H and O–H groups in total. The fraction of sp³-hybridized carbons (Fsp3) is 0.931. The average molecular weight is 415 g/mol. The van der Waals surface area contributed by atoms with Crippen molar-refractivity contribution in [3.05, 3.63) is 11.6 Å². The zero-order valence-electron chi connectivity index (χ0n) is 20.9. The van der Waals surface area contributed by atoms with E-state index in [4.69, 9.17) is 0 Å². The van der Waals surface area contributed by atoms with Gasteiger partial charge in [0.05, 0.1) is 6.10 Å². The summed E-state index contributed by atoms with van der Waals surface area (Å²) in [5.41, 5.74) is 2.59. The number of aliphatic hydroxyl groups excluding tert-OH is 1. The average Bonchev–Trinajstić information content (AvgIpc) is 3.06. The highest BCUT2D eigenvalue weighted by molar-refractivity contribution is 5.25. The zero-order chi connectivity index (χ0) is 21.7. The minimum atomic E-state index is -0.0794. The Hall–Kier alpha value is -0.300. The number of rotatable bonds is 6. The molecule has 0 aromatic heterocycles. The molecule has 0 saturated heterocycles. The number of fused-ring (bicyclic) bond motifs is 5. The lowest BCUT2D eigenvalue weighted by Crippen LogP contribution is -2.50. The van der Waals surface area contributed by atoms with Crippen molar-refractivity contribution in [1.82, 2.24) is 0 Å². The first-order chi connectivity index (χ1) is 14.2. The number of allylic oxidation sites excluding steroid dienone is 1. The van der Waals surface area contributed by atoms with Gasteiger partial charge in [-0.1, -0.05) is 66.0 Å². The van der Waals surface area contributed by atoms with Gasteiger partial charge in [-0.15, -0.1) is 0 Å². The summed E-state index contributed by atoms with van der Waals surface area (Å²) < 4.78 is 0. The minimum Gasteiger partial charge on any atom is -0.393 e. The Morgan fingerprint density at radius 3 is 2.47 bits per heavy atom. The largest absolute Gasteiger partial charge is 0.393 e. The van der Waals surface area contributed by atoms with E-state index < -0.39 is 0 Å². The fourth-order valence-electron chi connectivity index (χ4n) is 9.30. The molecule has 0 amide bonds. The summed E-state index contributed by atoms with van der Waals surface area (Å²) in [7, 11) is 0. The molecule has 4 aliphatic carbocycles. The maximum absolute atomic E-state index is 10.2. The van der Waals surface area contributed by atoms with Gasteiger partial charge in [0, 0.05) is 0 Å². The lowest BCUT2D eigenvalue weighted by molar-refractivity contribution is -0.0575. The zero-order valence-corrected chi connectivity index (χ0v) is 20.9. The molecule has 0 spiro atoms. The summed E-state index contributed by atoms with van der Waals surface area (Å²) in [5, 5.41) is 10.2. The van der Waals surface area contributed by atoms with Crippen LogP contribution in [0.3, 0.4) is 0 Å². The van der Waals surface area contributed by atoms with Crippen LogP contribution in [0.1, 0.15) is 112 Å². The van der Waals surface area contributed by atoms with Gasteiger partial charge in [-0.25, -0.2) is 0 Å². The molecule has 2 unspecified atom stereocenters. The maximum Gasteiger partial charge on any atom is 0.0577 e. The van der Waals surface area contributed by atoms with Gasteiger partial charge in [0.25, 0.3) is 0 Å².